The molecule has 1 aromatic rings. The molecule has 1 aromatic carbocycles. The number of rotatable bonds is 0. The van der Waals surface area contributed by atoms with Gasteiger partial charge in [-0.25, -0.2) is 4.79 Å². The molecule has 0 bridgehead atoms. The third kappa shape index (κ3) is 1.73. The zero-order chi connectivity index (χ0) is 11.8. The summed E-state index contributed by atoms with van der Waals surface area (Å²) in [5.41, 5.74) is 1.17. The molecule has 1 saturated heterocycles. The Hall–Kier alpha value is -1.71. The van der Waals surface area contributed by atoms with Gasteiger partial charge in [-0.15, -0.1) is 0 Å². The van der Waals surface area contributed by atoms with E-state index in [-0.39, 0.29) is 0 Å². The third-order valence-corrected chi connectivity index (χ3v) is 3.78. The Balaban J connectivity index is 1.95. The lowest BCUT2D eigenvalue weighted by atomic mass is 9.87. The maximum atomic E-state index is 11.0. The zero-order valence-electron chi connectivity index (χ0n) is 9.50. The molecule has 1 amide bonds. The second kappa shape index (κ2) is 3.95. The van der Waals surface area contributed by atoms with E-state index in [0.717, 1.165) is 12.2 Å². The van der Waals surface area contributed by atoms with Crippen LogP contribution in [0.1, 0.15) is 17.9 Å². The van der Waals surface area contributed by atoms with Gasteiger partial charge in [0.1, 0.15) is 5.75 Å². The minimum atomic E-state index is -0.809. The van der Waals surface area contributed by atoms with Crippen LogP contribution in [0, 0.1) is 5.92 Å². The molecule has 2 aliphatic heterocycles. The average molecular weight is 233 g/mol. The van der Waals surface area contributed by atoms with Gasteiger partial charge in [-0.1, -0.05) is 18.2 Å². The molecule has 3 rings (SSSR count). The van der Waals surface area contributed by atoms with Crippen molar-refractivity contribution in [3.8, 4) is 5.75 Å². The minimum Gasteiger partial charge on any atom is -0.493 e. The van der Waals surface area contributed by atoms with E-state index >= 15 is 0 Å². The number of fused-ring (bicyclic) bond motifs is 3. The van der Waals surface area contributed by atoms with E-state index in [1.54, 1.807) is 0 Å². The molecule has 0 unspecified atom stereocenters. The second-order valence-electron chi connectivity index (χ2n) is 4.73. The van der Waals surface area contributed by atoms with E-state index in [1.807, 2.05) is 18.2 Å². The average Bonchev–Trinajstić information content (AvgIpc) is 2.67. The summed E-state index contributed by atoms with van der Waals surface area (Å²) in [7, 11) is 0. The molecule has 0 spiro atoms. The van der Waals surface area contributed by atoms with E-state index in [9.17, 15) is 4.79 Å². The van der Waals surface area contributed by atoms with Crippen molar-refractivity contribution >= 4 is 6.09 Å². The number of ether oxygens (including phenoxy) is 1. The quantitative estimate of drug-likeness (QED) is 0.747. The van der Waals surface area contributed by atoms with Crippen molar-refractivity contribution in [2.75, 3.05) is 19.7 Å². The predicted molar refractivity (Wildman–Crippen MR) is 62.4 cm³/mol. The van der Waals surface area contributed by atoms with Crippen LogP contribution in [0.15, 0.2) is 24.3 Å². The molecule has 90 valence electrons. The van der Waals surface area contributed by atoms with E-state index < -0.39 is 6.09 Å². The highest BCUT2D eigenvalue weighted by Gasteiger charge is 2.38. The Labute approximate surface area is 99.8 Å². The van der Waals surface area contributed by atoms with Crippen LogP contribution < -0.4 is 4.74 Å². The Bertz CT molecular complexity index is 446. The normalized spacial score (nSPS) is 26.7. The zero-order valence-corrected chi connectivity index (χ0v) is 9.50. The number of benzene rings is 1. The monoisotopic (exact) mass is 233 g/mol. The van der Waals surface area contributed by atoms with Crippen molar-refractivity contribution in [1.29, 1.82) is 0 Å². The van der Waals surface area contributed by atoms with Crippen LogP contribution in [-0.4, -0.2) is 35.8 Å². The molecule has 0 aliphatic carbocycles. The van der Waals surface area contributed by atoms with Crippen LogP contribution in [0.5, 0.6) is 5.75 Å². The summed E-state index contributed by atoms with van der Waals surface area (Å²) in [6, 6.07) is 7.99. The van der Waals surface area contributed by atoms with Gasteiger partial charge < -0.3 is 14.7 Å². The van der Waals surface area contributed by atoms with Crippen LogP contribution in [0.4, 0.5) is 4.79 Å². The highest BCUT2D eigenvalue weighted by molar-refractivity contribution is 5.65. The van der Waals surface area contributed by atoms with Crippen LogP contribution in [0.3, 0.4) is 0 Å². The summed E-state index contributed by atoms with van der Waals surface area (Å²) in [5.74, 6) is 1.62. The van der Waals surface area contributed by atoms with Crippen molar-refractivity contribution in [2.45, 2.75) is 12.3 Å². The maximum absolute atomic E-state index is 11.0. The molecule has 4 nitrogen and oxygen atoms in total. The molecular weight excluding hydrogens is 218 g/mol. The summed E-state index contributed by atoms with van der Waals surface area (Å²) in [6.45, 7) is 1.92. The molecular formula is C13H15NO3. The SMILES string of the molecule is O=C(O)N1C[C@@H]2CCOc3ccccc3[C@H]2C1. The first-order valence-electron chi connectivity index (χ1n) is 5.95. The second-order valence-corrected chi connectivity index (χ2v) is 4.73. The Morgan fingerprint density at radius 3 is 3.00 bits per heavy atom. The van der Waals surface area contributed by atoms with E-state index in [4.69, 9.17) is 9.84 Å². The summed E-state index contributed by atoms with van der Waals surface area (Å²) in [6.07, 6.45) is 0.125. The molecule has 17 heavy (non-hydrogen) atoms. The summed E-state index contributed by atoms with van der Waals surface area (Å²) in [5, 5.41) is 9.07. The third-order valence-electron chi connectivity index (χ3n) is 3.78. The molecule has 2 aliphatic rings. The highest BCUT2D eigenvalue weighted by atomic mass is 16.5. The van der Waals surface area contributed by atoms with Gasteiger partial charge in [0.2, 0.25) is 0 Å². The molecule has 1 fully saturated rings. The fourth-order valence-corrected chi connectivity index (χ4v) is 2.91. The molecule has 0 aromatic heterocycles. The lowest BCUT2D eigenvalue weighted by Gasteiger charge is -2.15. The van der Waals surface area contributed by atoms with E-state index in [0.29, 0.717) is 31.5 Å². The van der Waals surface area contributed by atoms with Gasteiger partial charge >= 0.3 is 6.09 Å². The molecule has 4 heteroatoms. The van der Waals surface area contributed by atoms with Crippen LogP contribution in [-0.2, 0) is 0 Å². The van der Waals surface area contributed by atoms with Gasteiger partial charge in [-0.3, -0.25) is 0 Å². The van der Waals surface area contributed by atoms with Gasteiger partial charge in [-0.05, 0) is 24.0 Å². The predicted octanol–water partition coefficient (Wildman–Crippen LogP) is 2.16. The number of hydrogen-bond donors (Lipinski definition) is 1. The lowest BCUT2D eigenvalue weighted by Crippen LogP contribution is -2.27. The fourth-order valence-electron chi connectivity index (χ4n) is 2.91. The molecule has 0 radical (unpaired) electrons. The number of nitrogens with zero attached hydrogens (tertiary/aromatic N) is 1. The topological polar surface area (TPSA) is 49.8 Å². The Kier molecular flexibility index (Phi) is 2.42. The largest absolute Gasteiger partial charge is 0.493 e. The maximum Gasteiger partial charge on any atom is 0.407 e. The first-order valence-corrected chi connectivity index (χ1v) is 5.95. The number of para-hydroxylation sites is 1. The van der Waals surface area contributed by atoms with Gasteiger partial charge in [0.15, 0.2) is 0 Å². The molecule has 0 saturated carbocycles. The lowest BCUT2D eigenvalue weighted by molar-refractivity contribution is 0.152. The highest BCUT2D eigenvalue weighted by Crippen LogP contribution is 2.41. The van der Waals surface area contributed by atoms with Crippen LogP contribution >= 0.6 is 0 Å². The van der Waals surface area contributed by atoms with Crippen LogP contribution in [0.25, 0.3) is 0 Å². The number of carboxylic acid groups (broad SMARTS) is 1. The van der Waals surface area contributed by atoms with E-state index in [1.165, 1.54) is 10.5 Å². The standard InChI is InChI=1S/C13H15NO3/c15-13(16)14-7-9-5-6-17-12-4-2-1-3-10(12)11(9)8-14/h1-4,9,11H,5-8H2,(H,15,16)/t9-,11-/m0/s1. The minimum absolute atomic E-state index is 0.296. The van der Waals surface area contributed by atoms with Crippen molar-refractivity contribution in [1.82, 2.24) is 4.90 Å². The van der Waals surface area contributed by atoms with Gasteiger partial charge in [0, 0.05) is 19.0 Å². The van der Waals surface area contributed by atoms with Crippen molar-refractivity contribution in [3.63, 3.8) is 0 Å². The summed E-state index contributed by atoms with van der Waals surface area (Å²) < 4.78 is 5.71. The summed E-state index contributed by atoms with van der Waals surface area (Å²) >= 11 is 0. The van der Waals surface area contributed by atoms with Crippen molar-refractivity contribution < 1.29 is 14.6 Å². The van der Waals surface area contributed by atoms with Gasteiger partial charge in [0.25, 0.3) is 0 Å². The molecule has 1 N–H and O–H groups in total. The number of amides is 1. The fraction of sp³-hybridized carbons (Fsp3) is 0.462. The first kappa shape index (κ1) is 10.4. The van der Waals surface area contributed by atoms with Gasteiger partial charge in [-0.2, -0.15) is 0 Å². The Morgan fingerprint density at radius 2 is 2.18 bits per heavy atom. The van der Waals surface area contributed by atoms with Crippen molar-refractivity contribution in [3.05, 3.63) is 29.8 Å². The first-order chi connectivity index (χ1) is 8.25. The Morgan fingerprint density at radius 1 is 1.35 bits per heavy atom. The smallest absolute Gasteiger partial charge is 0.407 e. The molecule has 2 atom stereocenters. The van der Waals surface area contributed by atoms with E-state index in [2.05, 4.69) is 6.07 Å². The van der Waals surface area contributed by atoms with Crippen molar-refractivity contribution in [2.24, 2.45) is 5.92 Å². The number of carbonyl (C=O) groups is 1. The number of likely N-dealkylation sites (tertiary alicyclic amines) is 1. The van der Waals surface area contributed by atoms with Crippen LogP contribution in [0.2, 0.25) is 0 Å². The summed E-state index contributed by atoms with van der Waals surface area (Å²) in [4.78, 5) is 12.6. The molecule has 2 heterocycles. The number of hydrogen-bond acceptors (Lipinski definition) is 2. The van der Waals surface area contributed by atoms with Gasteiger partial charge in [0.05, 0.1) is 6.61 Å².